The SMILES string of the molecule is COc1ccc(CC(C[C@H](O)[C@H](CC2CCCCC2)NC(=O)OC(C)(C)C)C(=O)C(C(=O)O)N(C2CCCCC2)[C@H](OC)C(N)=O)cc1. The smallest absolute Gasteiger partial charge is 0.407 e. The molecule has 270 valence electrons. The number of carboxylic acid groups (broad SMARTS) is 1. The number of aliphatic hydroxyl groups excluding tert-OH is 1. The lowest BCUT2D eigenvalue weighted by Crippen LogP contribution is -2.61. The molecule has 2 amide bonds. The molecule has 0 spiro atoms. The molecule has 2 fully saturated rings. The van der Waals surface area contributed by atoms with Crippen molar-refractivity contribution in [2.24, 2.45) is 17.6 Å². The molecule has 0 saturated heterocycles. The van der Waals surface area contributed by atoms with Crippen molar-refractivity contribution >= 4 is 23.8 Å². The van der Waals surface area contributed by atoms with Crippen LogP contribution in [0.1, 0.15) is 103 Å². The predicted molar refractivity (Wildman–Crippen MR) is 180 cm³/mol. The molecule has 2 aliphatic carbocycles. The Morgan fingerprint density at radius 1 is 0.958 bits per heavy atom. The number of hydrogen-bond donors (Lipinski definition) is 4. The number of nitrogens with zero attached hydrogens (tertiary/aromatic N) is 1. The summed E-state index contributed by atoms with van der Waals surface area (Å²) in [6, 6.07) is 4.18. The number of carbonyl (C=O) groups excluding carboxylic acids is 3. The van der Waals surface area contributed by atoms with Gasteiger partial charge >= 0.3 is 12.1 Å². The number of alkyl carbamates (subject to hydrolysis) is 1. The molecule has 12 heteroatoms. The highest BCUT2D eigenvalue weighted by Gasteiger charge is 2.46. The van der Waals surface area contributed by atoms with E-state index in [1.165, 1.54) is 12.0 Å². The number of rotatable bonds is 17. The van der Waals surface area contributed by atoms with Crippen molar-refractivity contribution in [2.75, 3.05) is 14.2 Å². The first-order valence-electron chi connectivity index (χ1n) is 17.4. The van der Waals surface area contributed by atoms with E-state index >= 15 is 0 Å². The van der Waals surface area contributed by atoms with E-state index in [4.69, 9.17) is 19.9 Å². The van der Waals surface area contributed by atoms with E-state index in [0.717, 1.165) is 56.9 Å². The molecular formula is C36H57N3O9. The van der Waals surface area contributed by atoms with E-state index in [-0.39, 0.29) is 18.8 Å². The Morgan fingerprint density at radius 2 is 1.54 bits per heavy atom. The molecule has 2 aliphatic rings. The number of amides is 2. The molecule has 12 nitrogen and oxygen atoms in total. The highest BCUT2D eigenvalue weighted by molar-refractivity contribution is 6.04. The van der Waals surface area contributed by atoms with Crippen LogP contribution in [-0.4, -0.2) is 89.1 Å². The summed E-state index contributed by atoms with van der Waals surface area (Å²) in [6.07, 6.45) is 6.13. The normalized spacial score (nSPS) is 19.5. The van der Waals surface area contributed by atoms with Gasteiger partial charge in [0.15, 0.2) is 18.1 Å². The Kier molecular flexibility index (Phi) is 15.1. The first kappa shape index (κ1) is 39.2. The third-order valence-corrected chi connectivity index (χ3v) is 9.58. The number of methoxy groups -OCH3 is 2. The van der Waals surface area contributed by atoms with Crippen molar-refractivity contribution < 1.29 is 43.6 Å². The number of ketones is 1. The second-order valence-electron chi connectivity index (χ2n) is 14.4. The van der Waals surface area contributed by atoms with Gasteiger partial charge in [-0.25, -0.2) is 9.69 Å². The number of carbonyl (C=O) groups is 4. The summed E-state index contributed by atoms with van der Waals surface area (Å²) in [6.45, 7) is 5.27. The topological polar surface area (TPSA) is 178 Å². The molecule has 2 saturated carbocycles. The van der Waals surface area contributed by atoms with Gasteiger partial charge in [-0.3, -0.25) is 14.4 Å². The third-order valence-electron chi connectivity index (χ3n) is 9.58. The van der Waals surface area contributed by atoms with E-state index in [9.17, 15) is 29.4 Å². The monoisotopic (exact) mass is 675 g/mol. The number of aliphatic carboxylic acids is 1. The number of nitrogens with two attached hydrogens (primary N) is 1. The first-order chi connectivity index (χ1) is 22.7. The molecule has 0 aliphatic heterocycles. The zero-order valence-corrected chi connectivity index (χ0v) is 29.3. The average Bonchev–Trinajstić information content (AvgIpc) is 3.04. The highest BCUT2D eigenvalue weighted by atomic mass is 16.6. The van der Waals surface area contributed by atoms with E-state index in [2.05, 4.69) is 5.32 Å². The molecule has 0 bridgehead atoms. The van der Waals surface area contributed by atoms with Crippen molar-refractivity contribution in [2.45, 2.75) is 140 Å². The number of primary amides is 1. The van der Waals surface area contributed by atoms with Gasteiger partial charge in [-0.15, -0.1) is 0 Å². The Bertz CT molecular complexity index is 1190. The van der Waals surface area contributed by atoms with Crippen molar-refractivity contribution in [3.05, 3.63) is 29.8 Å². The molecule has 1 aromatic carbocycles. The maximum Gasteiger partial charge on any atom is 0.407 e. The van der Waals surface area contributed by atoms with Gasteiger partial charge in [0.1, 0.15) is 11.4 Å². The zero-order valence-electron chi connectivity index (χ0n) is 29.3. The number of nitrogens with one attached hydrogen (secondary N) is 1. The maximum atomic E-state index is 14.6. The second kappa shape index (κ2) is 18.5. The summed E-state index contributed by atoms with van der Waals surface area (Å²) in [4.78, 5) is 54.5. The van der Waals surface area contributed by atoms with Crippen LogP contribution in [0.15, 0.2) is 24.3 Å². The van der Waals surface area contributed by atoms with Gasteiger partial charge < -0.3 is 35.5 Å². The van der Waals surface area contributed by atoms with Gasteiger partial charge in [0.25, 0.3) is 5.91 Å². The quantitative estimate of drug-likeness (QED) is 0.135. The second-order valence-corrected chi connectivity index (χ2v) is 14.4. The lowest BCUT2D eigenvalue weighted by molar-refractivity contribution is -0.167. The summed E-state index contributed by atoms with van der Waals surface area (Å²) >= 11 is 0. The van der Waals surface area contributed by atoms with E-state index in [1.807, 2.05) is 0 Å². The largest absolute Gasteiger partial charge is 0.497 e. The molecular weight excluding hydrogens is 618 g/mol. The van der Waals surface area contributed by atoms with Crippen molar-refractivity contribution in [3.63, 3.8) is 0 Å². The van der Waals surface area contributed by atoms with Crippen molar-refractivity contribution in [1.29, 1.82) is 0 Å². The van der Waals surface area contributed by atoms with Crippen molar-refractivity contribution in [3.8, 4) is 5.75 Å². The molecule has 0 heterocycles. The van der Waals surface area contributed by atoms with Gasteiger partial charge in [0.2, 0.25) is 0 Å². The predicted octanol–water partition coefficient (Wildman–Crippen LogP) is 4.58. The standard InChI is InChI=1S/C36H57N3O9/c1-36(2,3)48-35(45)38-28(21-23-12-8-6-9-13-23)29(40)22-25(20-24-16-18-27(46-4)19-17-24)31(41)30(34(43)44)39(33(47-5)32(37)42)26-14-10-7-11-15-26/h16-19,23,25-26,28-30,33,40H,6-15,20-22H2,1-5H3,(H2,37,42)(H,38,45)(H,43,44)/t25?,28-,29-,30?,33+/m0/s1. The fourth-order valence-corrected chi connectivity index (χ4v) is 7.28. The van der Waals surface area contributed by atoms with Gasteiger partial charge in [-0.2, -0.15) is 0 Å². The van der Waals surface area contributed by atoms with Crippen LogP contribution in [0, 0.1) is 11.8 Å². The number of carboxylic acids is 1. The Labute approximate surface area is 285 Å². The summed E-state index contributed by atoms with van der Waals surface area (Å²) in [5.41, 5.74) is 5.68. The number of ether oxygens (including phenoxy) is 3. The Morgan fingerprint density at radius 3 is 2.04 bits per heavy atom. The minimum atomic E-state index is -1.75. The van der Waals surface area contributed by atoms with Crippen LogP contribution in [0.4, 0.5) is 4.79 Å². The summed E-state index contributed by atoms with van der Waals surface area (Å²) in [5.74, 6) is -3.08. The van der Waals surface area contributed by atoms with Crippen LogP contribution < -0.4 is 15.8 Å². The maximum absolute atomic E-state index is 14.6. The lowest BCUT2D eigenvalue weighted by Gasteiger charge is -2.41. The summed E-state index contributed by atoms with van der Waals surface area (Å²) in [5, 5.41) is 25.3. The number of aliphatic hydroxyl groups is 1. The van der Waals surface area contributed by atoms with Crippen molar-refractivity contribution in [1.82, 2.24) is 10.2 Å². The van der Waals surface area contributed by atoms with E-state index in [1.54, 1.807) is 52.1 Å². The van der Waals surface area contributed by atoms with Crippen LogP contribution in [0.25, 0.3) is 0 Å². The molecule has 1 aromatic rings. The average molecular weight is 676 g/mol. The van der Waals surface area contributed by atoms with Crippen LogP contribution in [0.5, 0.6) is 5.75 Å². The van der Waals surface area contributed by atoms with Gasteiger partial charge in [-0.1, -0.05) is 63.5 Å². The minimum absolute atomic E-state index is 0.110. The van der Waals surface area contributed by atoms with Gasteiger partial charge in [0.05, 0.1) is 19.3 Å². The number of Topliss-reactive ketones (excluding diaryl/α,β-unsaturated/α-hetero) is 1. The van der Waals surface area contributed by atoms with Gasteiger partial charge in [0, 0.05) is 19.1 Å². The molecule has 0 aromatic heterocycles. The highest BCUT2D eigenvalue weighted by Crippen LogP contribution is 2.32. The lowest BCUT2D eigenvalue weighted by atomic mass is 9.80. The third kappa shape index (κ3) is 11.7. The number of hydrogen-bond acceptors (Lipinski definition) is 9. The number of benzene rings is 1. The van der Waals surface area contributed by atoms with Crippen LogP contribution in [0.3, 0.4) is 0 Å². The summed E-state index contributed by atoms with van der Waals surface area (Å²) < 4.78 is 16.2. The van der Waals surface area contributed by atoms with Gasteiger partial charge in [-0.05, 0) is 76.5 Å². The Balaban J connectivity index is 2.01. The van der Waals surface area contributed by atoms with E-state index in [0.29, 0.717) is 25.0 Å². The van der Waals surface area contributed by atoms with Crippen LogP contribution in [-0.2, 0) is 30.3 Å². The molecule has 5 N–H and O–H groups in total. The first-order valence-corrected chi connectivity index (χ1v) is 17.4. The Hall–Kier alpha value is -3.22. The van der Waals surface area contributed by atoms with Crippen LogP contribution >= 0.6 is 0 Å². The molecule has 5 atom stereocenters. The molecule has 2 unspecified atom stereocenters. The van der Waals surface area contributed by atoms with E-state index < -0.39 is 65.7 Å². The minimum Gasteiger partial charge on any atom is -0.497 e. The molecule has 48 heavy (non-hydrogen) atoms. The zero-order chi connectivity index (χ0) is 35.4. The summed E-state index contributed by atoms with van der Waals surface area (Å²) in [7, 11) is 2.81. The molecule has 0 radical (unpaired) electrons. The fourth-order valence-electron chi connectivity index (χ4n) is 7.28. The fraction of sp³-hybridized carbons (Fsp3) is 0.722. The van der Waals surface area contributed by atoms with Crippen LogP contribution in [0.2, 0.25) is 0 Å². The molecule has 3 rings (SSSR count).